The van der Waals surface area contributed by atoms with Crippen LogP contribution in [0, 0.1) is 0 Å². The van der Waals surface area contributed by atoms with E-state index in [4.69, 9.17) is 5.73 Å². The summed E-state index contributed by atoms with van der Waals surface area (Å²) in [6.45, 7) is 0. The number of nitrogens with zero attached hydrogens (tertiary/aromatic N) is 4. The molecule has 0 aliphatic carbocycles. The minimum atomic E-state index is 0.533. The van der Waals surface area contributed by atoms with Crippen molar-refractivity contribution in [3.8, 4) is 5.82 Å². The molecule has 0 unspecified atom stereocenters. The van der Waals surface area contributed by atoms with E-state index in [1.165, 1.54) is 4.80 Å². The minimum Gasteiger partial charge on any atom is -0.396 e. The maximum Gasteiger partial charge on any atom is 0.197 e. The molecule has 0 aliphatic rings. The average molecular weight is 240 g/mol. The molecule has 6 heteroatoms. The first-order valence-corrected chi connectivity index (χ1v) is 4.34. The molecule has 66 valence electrons. The van der Waals surface area contributed by atoms with Crippen LogP contribution < -0.4 is 5.73 Å². The average Bonchev–Trinajstić information content (AvgIpc) is 2.56. The Labute approximate surface area is 82.7 Å². The van der Waals surface area contributed by atoms with Crippen molar-refractivity contribution in [2.75, 3.05) is 5.73 Å². The van der Waals surface area contributed by atoms with E-state index in [0.29, 0.717) is 11.5 Å². The summed E-state index contributed by atoms with van der Waals surface area (Å²) in [5, 5.41) is 7.85. The van der Waals surface area contributed by atoms with Crippen LogP contribution in [-0.2, 0) is 0 Å². The largest absolute Gasteiger partial charge is 0.396 e. The molecule has 0 saturated carbocycles. The maximum absolute atomic E-state index is 5.72. The lowest BCUT2D eigenvalue weighted by molar-refractivity contribution is 0.731. The van der Waals surface area contributed by atoms with Crippen LogP contribution in [0.15, 0.2) is 29.1 Å². The molecule has 2 aromatic rings. The summed E-state index contributed by atoms with van der Waals surface area (Å²) in [6.07, 6.45) is 4.79. The lowest BCUT2D eigenvalue weighted by Gasteiger charge is -2.02. The molecule has 0 aliphatic heterocycles. The Morgan fingerprint density at radius 3 is 2.62 bits per heavy atom. The normalized spacial score (nSPS) is 10.2. The summed E-state index contributed by atoms with van der Waals surface area (Å²) in [4.78, 5) is 5.46. The smallest absolute Gasteiger partial charge is 0.197 e. The molecule has 2 aromatic heterocycles. The van der Waals surface area contributed by atoms with Crippen molar-refractivity contribution in [3.05, 3.63) is 29.1 Å². The van der Waals surface area contributed by atoms with E-state index in [-0.39, 0.29) is 0 Å². The molecule has 5 nitrogen and oxygen atoms in total. The number of pyridine rings is 1. The van der Waals surface area contributed by atoms with E-state index in [1.807, 2.05) is 0 Å². The van der Waals surface area contributed by atoms with Crippen molar-refractivity contribution >= 4 is 21.6 Å². The SMILES string of the molecule is Nc1cc(Br)cnc1-n1nccn1. The second kappa shape index (κ2) is 3.14. The molecule has 0 atom stereocenters. The van der Waals surface area contributed by atoms with Crippen molar-refractivity contribution in [1.29, 1.82) is 0 Å². The Bertz CT molecular complexity index is 411. The van der Waals surface area contributed by atoms with Crippen molar-refractivity contribution in [2.24, 2.45) is 0 Å². The fraction of sp³-hybridized carbons (Fsp3) is 0. The Morgan fingerprint density at radius 1 is 1.31 bits per heavy atom. The minimum absolute atomic E-state index is 0.533. The Kier molecular flexibility index (Phi) is 1.97. The van der Waals surface area contributed by atoms with Crippen LogP contribution in [0.4, 0.5) is 5.69 Å². The Balaban J connectivity index is 2.53. The number of aromatic nitrogens is 4. The predicted molar refractivity (Wildman–Crippen MR) is 51.3 cm³/mol. The van der Waals surface area contributed by atoms with Crippen LogP contribution in [-0.4, -0.2) is 20.0 Å². The summed E-state index contributed by atoms with van der Waals surface area (Å²) in [5.41, 5.74) is 6.25. The highest BCUT2D eigenvalue weighted by Crippen LogP contribution is 2.17. The van der Waals surface area contributed by atoms with Gasteiger partial charge in [0, 0.05) is 10.7 Å². The van der Waals surface area contributed by atoms with E-state index >= 15 is 0 Å². The fourth-order valence-corrected chi connectivity index (χ4v) is 1.29. The first kappa shape index (κ1) is 8.18. The van der Waals surface area contributed by atoms with Crippen LogP contribution in [0.1, 0.15) is 0 Å². The zero-order chi connectivity index (χ0) is 9.26. The Morgan fingerprint density at radius 2 is 2.00 bits per heavy atom. The van der Waals surface area contributed by atoms with Gasteiger partial charge in [0.05, 0.1) is 18.1 Å². The van der Waals surface area contributed by atoms with Gasteiger partial charge in [-0.1, -0.05) is 0 Å². The van der Waals surface area contributed by atoms with Crippen LogP contribution in [0.5, 0.6) is 0 Å². The zero-order valence-corrected chi connectivity index (χ0v) is 8.14. The van der Waals surface area contributed by atoms with Gasteiger partial charge in [-0.3, -0.25) is 0 Å². The van der Waals surface area contributed by atoms with Crippen LogP contribution >= 0.6 is 15.9 Å². The summed E-state index contributed by atoms with van der Waals surface area (Å²) >= 11 is 3.27. The van der Waals surface area contributed by atoms with Crippen molar-refractivity contribution in [1.82, 2.24) is 20.0 Å². The molecule has 0 aromatic carbocycles. The highest BCUT2D eigenvalue weighted by molar-refractivity contribution is 9.10. The second-order valence-corrected chi connectivity index (χ2v) is 3.30. The van der Waals surface area contributed by atoms with Crippen LogP contribution in [0.2, 0.25) is 0 Å². The molecular weight excluding hydrogens is 234 g/mol. The summed E-state index contributed by atoms with van der Waals surface area (Å²) in [5.74, 6) is 0.535. The van der Waals surface area contributed by atoms with Gasteiger partial charge >= 0.3 is 0 Å². The third-order valence-corrected chi connectivity index (χ3v) is 1.90. The van der Waals surface area contributed by atoms with E-state index in [1.54, 1.807) is 24.7 Å². The zero-order valence-electron chi connectivity index (χ0n) is 6.55. The number of nitrogen functional groups attached to an aromatic ring is 1. The van der Waals surface area contributed by atoms with Crippen LogP contribution in [0.3, 0.4) is 0 Å². The summed E-state index contributed by atoms with van der Waals surface area (Å²) < 4.78 is 0.834. The number of nitrogens with two attached hydrogens (primary N) is 1. The molecule has 0 radical (unpaired) electrons. The van der Waals surface area contributed by atoms with Gasteiger partial charge in [-0.15, -0.1) is 4.80 Å². The van der Waals surface area contributed by atoms with E-state index < -0.39 is 0 Å². The first-order valence-electron chi connectivity index (χ1n) is 3.55. The lowest BCUT2D eigenvalue weighted by Crippen LogP contribution is -2.05. The number of halogens is 1. The summed E-state index contributed by atoms with van der Waals surface area (Å²) in [6, 6.07) is 1.76. The molecule has 2 N–H and O–H groups in total. The van der Waals surface area contributed by atoms with Crippen molar-refractivity contribution < 1.29 is 0 Å². The first-order chi connectivity index (χ1) is 6.27. The number of rotatable bonds is 1. The highest BCUT2D eigenvalue weighted by Gasteiger charge is 2.04. The number of hydrogen-bond acceptors (Lipinski definition) is 4. The molecular formula is C7H6BrN5. The third kappa shape index (κ3) is 1.52. The standard InChI is InChI=1S/C7H6BrN5/c8-5-3-6(9)7(10-4-5)13-11-1-2-12-13/h1-4H,9H2. The third-order valence-electron chi connectivity index (χ3n) is 1.47. The van der Waals surface area contributed by atoms with E-state index in [0.717, 1.165) is 4.47 Å². The van der Waals surface area contributed by atoms with Crippen molar-refractivity contribution in [2.45, 2.75) is 0 Å². The Hall–Kier alpha value is -1.43. The monoisotopic (exact) mass is 239 g/mol. The number of hydrogen-bond donors (Lipinski definition) is 1. The highest BCUT2D eigenvalue weighted by atomic mass is 79.9. The van der Waals surface area contributed by atoms with Gasteiger partial charge in [-0.2, -0.15) is 10.2 Å². The number of anilines is 1. The second-order valence-electron chi connectivity index (χ2n) is 2.38. The van der Waals surface area contributed by atoms with Gasteiger partial charge < -0.3 is 5.73 Å². The molecule has 0 fully saturated rings. The topological polar surface area (TPSA) is 69.6 Å². The van der Waals surface area contributed by atoms with Crippen molar-refractivity contribution in [3.63, 3.8) is 0 Å². The molecule has 0 saturated heterocycles. The molecule has 0 amide bonds. The van der Waals surface area contributed by atoms with Gasteiger partial charge in [0.2, 0.25) is 0 Å². The van der Waals surface area contributed by atoms with Gasteiger partial charge in [0.15, 0.2) is 5.82 Å². The summed E-state index contributed by atoms with van der Waals surface area (Å²) in [7, 11) is 0. The molecule has 2 heterocycles. The lowest BCUT2D eigenvalue weighted by atomic mass is 10.4. The van der Waals surface area contributed by atoms with E-state index in [9.17, 15) is 0 Å². The molecule has 0 bridgehead atoms. The van der Waals surface area contributed by atoms with Gasteiger partial charge in [0.1, 0.15) is 0 Å². The van der Waals surface area contributed by atoms with E-state index in [2.05, 4.69) is 31.1 Å². The van der Waals surface area contributed by atoms with Gasteiger partial charge in [-0.05, 0) is 22.0 Å². The van der Waals surface area contributed by atoms with Gasteiger partial charge in [-0.25, -0.2) is 4.98 Å². The fourth-order valence-electron chi connectivity index (χ4n) is 0.940. The predicted octanol–water partition coefficient (Wildman–Crippen LogP) is 1.01. The van der Waals surface area contributed by atoms with Gasteiger partial charge in [0.25, 0.3) is 0 Å². The molecule has 13 heavy (non-hydrogen) atoms. The molecule has 0 spiro atoms. The quantitative estimate of drug-likeness (QED) is 0.807. The maximum atomic E-state index is 5.72. The van der Waals surface area contributed by atoms with Crippen LogP contribution in [0.25, 0.3) is 5.82 Å². The molecule has 2 rings (SSSR count).